The molecule has 2 fully saturated rings. The molecule has 5 atom stereocenters. The highest BCUT2D eigenvalue weighted by Gasteiger charge is 2.54. The summed E-state index contributed by atoms with van der Waals surface area (Å²) in [5.41, 5.74) is 3.16. The van der Waals surface area contributed by atoms with Crippen LogP contribution in [0.2, 0.25) is 0 Å². The number of hydrogen-bond acceptors (Lipinski definition) is 7. The number of amides is 5. The molecule has 12 nitrogen and oxygen atoms in total. The first-order valence-corrected chi connectivity index (χ1v) is 17.5. The Bertz CT molecular complexity index is 1270. The smallest absolute Gasteiger partial charge is 0.315 e. The van der Waals surface area contributed by atoms with E-state index in [2.05, 4.69) is 16.0 Å². The van der Waals surface area contributed by atoms with Gasteiger partial charge in [-0.1, -0.05) is 75.2 Å². The first-order chi connectivity index (χ1) is 20.1. The van der Waals surface area contributed by atoms with Gasteiger partial charge in [0.2, 0.25) is 17.6 Å². The van der Waals surface area contributed by atoms with Crippen LogP contribution in [0.25, 0.3) is 0 Å². The van der Waals surface area contributed by atoms with Gasteiger partial charge in [-0.15, -0.1) is 0 Å². The molecule has 45 heavy (non-hydrogen) atoms. The average Bonchev–Trinajstić information content (AvgIpc) is 3.62. The molecular weight excluding hydrogens is 598 g/mol. The maximum absolute atomic E-state index is 14.3. The molecule has 1 saturated heterocycles. The van der Waals surface area contributed by atoms with Crippen LogP contribution >= 0.6 is 0 Å². The van der Waals surface area contributed by atoms with Crippen molar-refractivity contribution in [3.8, 4) is 0 Å². The fourth-order valence-electron chi connectivity index (χ4n) is 5.47. The molecule has 2 aliphatic rings. The van der Waals surface area contributed by atoms with Crippen LogP contribution < -0.4 is 21.7 Å². The second-order valence-corrected chi connectivity index (χ2v) is 19.6. The molecule has 1 aliphatic carbocycles. The Morgan fingerprint density at radius 3 is 1.84 bits per heavy atom. The Morgan fingerprint density at radius 2 is 1.42 bits per heavy atom. The topological polar surface area (TPSA) is 185 Å². The third kappa shape index (κ3) is 9.42. The second-order valence-electron chi connectivity index (χ2n) is 16.8. The van der Waals surface area contributed by atoms with Crippen LogP contribution in [0, 0.1) is 28.1 Å². The molecule has 0 aromatic rings. The van der Waals surface area contributed by atoms with E-state index in [-0.39, 0.29) is 24.1 Å². The molecule has 1 saturated carbocycles. The number of nitrogens with zero attached hydrogens (tertiary/aromatic N) is 1. The van der Waals surface area contributed by atoms with Crippen LogP contribution in [0.15, 0.2) is 0 Å². The van der Waals surface area contributed by atoms with E-state index in [4.69, 9.17) is 5.73 Å². The second kappa shape index (κ2) is 13.2. The van der Waals surface area contributed by atoms with Crippen molar-refractivity contribution in [3.63, 3.8) is 0 Å². The third-order valence-corrected chi connectivity index (χ3v) is 12.1. The lowest BCUT2D eigenvalue weighted by atomic mass is 9.77. The zero-order valence-electron chi connectivity index (χ0n) is 29.3. The van der Waals surface area contributed by atoms with Crippen molar-refractivity contribution in [1.82, 2.24) is 20.9 Å². The highest BCUT2D eigenvalue weighted by atomic mass is 32.2. The van der Waals surface area contributed by atoms with Gasteiger partial charge >= 0.3 is 6.03 Å². The number of nitrogens with one attached hydrogen (secondary N) is 3. The summed E-state index contributed by atoms with van der Waals surface area (Å²) in [6.45, 7) is 21.6. The van der Waals surface area contributed by atoms with Crippen molar-refractivity contribution in [2.75, 3.05) is 12.3 Å². The van der Waals surface area contributed by atoms with E-state index in [1.807, 2.05) is 41.5 Å². The SMILES string of the molecule is CC1CN(C(=O)[C@@H](NC(=O)N[C@H](CS(=O)(=O)C(C)(C)C)C(C)(C)C)C(C)(C)C)C(C(=O)NC(CC2CC2)C(=O)C(N)=O)C1(C)C. The largest absolute Gasteiger partial charge is 0.363 e. The van der Waals surface area contributed by atoms with Gasteiger partial charge in [0.1, 0.15) is 12.1 Å². The molecule has 0 radical (unpaired) electrons. The van der Waals surface area contributed by atoms with Crippen molar-refractivity contribution in [1.29, 1.82) is 0 Å². The van der Waals surface area contributed by atoms with Gasteiger partial charge in [0.15, 0.2) is 9.84 Å². The predicted octanol–water partition coefficient (Wildman–Crippen LogP) is 2.54. The van der Waals surface area contributed by atoms with Gasteiger partial charge in [-0.3, -0.25) is 19.2 Å². The Balaban J connectivity index is 2.37. The van der Waals surface area contributed by atoms with Crippen molar-refractivity contribution < 1.29 is 32.4 Å². The van der Waals surface area contributed by atoms with E-state index < -0.39 is 84.5 Å². The average molecular weight is 656 g/mol. The standard InChI is InChI=1S/C32H57N5O7S/c1-18-16-37(24(32(18,11)12)26(40)34-20(15-19-13-14-19)22(38)25(33)39)27(41)23(30(5,6)7)36-28(42)35-21(29(2,3)4)17-45(43,44)31(8,9)10/h18-21,23-24H,13-17H2,1-12H3,(H2,33,39)(H,34,40)(H2,35,36,42)/t18?,20?,21-,23-,24?/m1/s1. The number of ketones is 1. The Labute approximate surface area is 269 Å². The molecular formula is C32H57N5O7S. The summed E-state index contributed by atoms with van der Waals surface area (Å²) >= 11 is 0. The van der Waals surface area contributed by atoms with Gasteiger partial charge in [-0.2, -0.15) is 0 Å². The number of likely N-dealkylation sites (tertiary alicyclic amines) is 1. The molecule has 3 unspecified atom stereocenters. The van der Waals surface area contributed by atoms with E-state index in [0.29, 0.717) is 6.42 Å². The maximum atomic E-state index is 14.3. The number of rotatable bonds is 11. The number of sulfone groups is 1. The van der Waals surface area contributed by atoms with E-state index in [9.17, 15) is 32.4 Å². The van der Waals surface area contributed by atoms with Crippen LogP contribution in [0.1, 0.15) is 102 Å². The number of carbonyl (C=O) groups is 5. The van der Waals surface area contributed by atoms with E-state index in [1.54, 1.807) is 41.5 Å². The Morgan fingerprint density at radius 1 is 0.889 bits per heavy atom. The molecule has 5 amide bonds. The van der Waals surface area contributed by atoms with Gasteiger partial charge in [0, 0.05) is 12.6 Å². The lowest BCUT2D eigenvalue weighted by molar-refractivity contribution is -0.145. The van der Waals surface area contributed by atoms with Crippen LogP contribution in [0.4, 0.5) is 4.79 Å². The van der Waals surface area contributed by atoms with E-state index in [1.165, 1.54) is 4.90 Å². The van der Waals surface area contributed by atoms with Crippen molar-refractivity contribution in [2.45, 2.75) is 131 Å². The first kappa shape index (κ1) is 38.5. The summed E-state index contributed by atoms with van der Waals surface area (Å²) in [5, 5.41) is 8.32. The maximum Gasteiger partial charge on any atom is 0.315 e. The normalized spacial score (nSPS) is 22.6. The zero-order chi connectivity index (χ0) is 35.1. The molecule has 5 N–H and O–H groups in total. The highest BCUT2D eigenvalue weighted by molar-refractivity contribution is 7.92. The highest BCUT2D eigenvalue weighted by Crippen LogP contribution is 2.42. The molecule has 258 valence electrons. The monoisotopic (exact) mass is 655 g/mol. The quantitative estimate of drug-likeness (QED) is 0.246. The Kier molecular flexibility index (Phi) is 11.3. The molecule has 0 spiro atoms. The predicted molar refractivity (Wildman–Crippen MR) is 174 cm³/mol. The first-order valence-electron chi connectivity index (χ1n) is 15.8. The molecule has 13 heteroatoms. The summed E-state index contributed by atoms with van der Waals surface area (Å²) in [7, 11) is -3.59. The van der Waals surface area contributed by atoms with Crippen LogP contribution in [-0.2, 0) is 29.0 Å². The summed E-state index contributed by atoms with van der Waals surface area (Å²) in [6, 6.07) is -4.60. The summed E-state index contributed by atoms with van der Waals surface area (Å²) in [4.78, 5) is 67.4. The number of hydrogen-bond donors (Lipinski definition) is 4. The number of primary amides is 1. The third-order valence-electron chi connectivity index (χ3n) is 9.49. The molecule has 2 rings (SSSR count). The fraction of sp³-hybridized carbons (Fsp3) is 0.844. The van der Waals surface area contributed by atoms with Crippen molar-refractivity contribution in [2.24, 2.45) is 33.8 Å². The number of Topliss-reactive ketones (excluding diaryl/α,β-unsaturated/α-hetero) is 1. The van der Waals surface area contributed by atoms with E-state index >= 15 is 0 Å². The minimum absolute atomic E-state index is 0.117. The van der Waals surface area contributed by atoms with Gasteiger partial charge in [-0.25, -0.2) is 13.2 Å². The summed E-state index contributed by atoms with van der Waals surface area (Å²) < 4.78 is 25.1. The lowest BCUT2D eigenvalue weighted by Gasteiger charge is -2.39. The molecule has 0 aromatic carbocycles. The van der Waals surface area contributed by atoms with Crippen molar-refractivity contribution in [3.05, 3.63) is 0 Å². The van der Waals surface area contributed by atoms with Gasteiger partial charge in [0.05, 0.1) is 16.5 Å². The molecule has 1 aliphatic heterocycles. The molecule has 1 heterocycles. The molecule has 0 bridgehead atoms. The number of carbonyl (C=O) groups excluding carboxylic acids is 5. The summed E-state index contributed by atoms with van der Waals surface area (Å²) in [6.07, 6.45) is 2.10. The van der Waals surface area contributed by atoms with Gasteiger partial charge in [0.25, 0.3) is 5.91 Å². The van der Waals surface area contributed by atoms with Crippen molar-refractivity contribution >= 4 is 39.4 Å². The fourth-order valence-corrected chi connectivity index (χ4v) is 6.99. The number of nitrogens with two attached hydrogens (primary N) is 1. The summed E-state index contributed by atoms with van der Waals surface area (Å²) in [5.74, 6) is -3.22. The van der Waals surface area contributed by atoms with E-state index in [0.717, 1.165) is 12.8 Å². The minimum atomic E-state index is -3.59. The number of urea groups is 1. The molecule has 0 aromatic heterocycles. The van der Waals surface area contributed by atoms with Crippen LogP contribution in [-0.4, -0.2) is 84.1 Å². The minimum Gasteiger partial charge on any atom is -0.363 e. The van der Waals surface area contributed by atoms with Crippen LogP contribution in [0.3, 0.4) is 0 Å². The zero-order valence-corrected chi connectivity index (χ0v) is 30.1. The Hall–Kier alpha value is -2.70. The van der Waals surface area contributed by atoms with Gasteiger partial charge in [-0.05, 0) is 55.3 Å². The van der Waals surface area contributed by atoms with Gasteiger partial charge < -0.3 is 26.6 Å². The van der Waals surface area contributed by atoms with Crippen LogP contribution in [0.5, 0.6) is 0 Å². The lowest BCUT2D eigenvalue weighted by Crippen LogP contribution is -2.62.